The lowest BCUT2D eigenvalue weighted by atomic mass is 10.0. The van der Waals surface area contributed by atoms with Gasteiger partial charge in [0.1, 0.15) is 6.04 Å². The standard InChI is InChI=1S/C16H14ClNO2S/c1-9-2-4-10(5-3-9)15(21)14-12(17)8-13-11(16(19)20)6-7-18(13)14/h2-5,8,14H,6-7H2,1H3,(H,19,20). The first kappa shape index (κ1) is 14.3. The Hall–Kier alpha value is -1.65. The van der Waals surface area contributed by atoms with E-state index in [9.17, 15) is 9.90 Å². The van der Waals surface area contributed by atoms with Crippen LogP contribution in [0.1, 0.15) is 17.5 Å². The highest BCUT2D eigenvalue weighted by Crippen LogP contribution is 2.38. The van der Waals surface area contributed by atoms with Gasteiger partial charge in [0.05, 0.1) is 10.4 Å². The molecule has 0 radical (unpaired) electrons. The van der Waals surface area contributed by atoms with Crippen molar-refractivity contribution in [1.82, 2.24) is 4.90 Å². The van der Waals surface area contributed by atoms with Crippen molar-refractivity contribution in [3.63, 3.8) is 0 Å². The van der Waals surface area contributed by atoms with E-state index in [0.717, 1.165) is 10.4 Å². The summed E-state index contributed by atoms with van der Waals surface area (Å²) in [6, 6.07) is 7.77. The summed E-state index contributed by atoms with van der Waals surface area (Å²) >= 11 is 11.9. The van der Waals surface area contributed by atoms with Crippen LogP contribution in [0, 0.1) is 6.92 Å². The number of benzene rings is 1. The monoisotopic (exact) mass is 319 g/mol. The number of carbonyl (C=O) groups is 1. The molecule has 1 atom stereocenters. The molecule has 2 heterocycles. The van der Waals surface area contributed by atoms with Gasteiger partial charge in [0.25, 0.3) is 0 Å². The van der Waals surface area contributed by atoms with Gasteiger partial charge in [0, 0.05) is 17.3 Å². The van der Waals surface area contributed by atoms with Crippen molar-refractivity contribution in [2.24, 2.45) is 0 Å². The predicted molar refractivity (Wildman–Crippen MR) is 86.6 cm³/mol. The minimum absolute atomic E-state index is 0.226. The summed E-state index contributed by atoms with van der Waals surface area (Å²) in [5, 5.41) is 9.82. The minimum Gasteiger partial charge on any atom is -0.478 e. The van der Waals surface area contributed by atoms with Gasteiger partial charge in [-0.05, 0) is 25.0 Å². The van der Waals surface area contributed by atoms with Gasteiger partial charge < -0.3 is 10.0 Å². The molecule has 21 heavy (non-hydrogen) atoms. The SMILES string of the molecule is Cc1ccc(C(=S)C2C(Cl)=CC3=C(C(=O)O)CCN32)cc1. The first-order valence-electron chi connectivity index (χ1n) is 6.70. The van der Waals surface area contributed by atoms with Crippen molar-refractivity contribution in [2.75, 3.05) is 6.54 Å². The lowest BCUT2D eigenvalue weighted by molar-refractivity contribution is -0.132. The Morgan fingerprint density at radius 1 is 1.38 bits per heavy atom. The summed E-state index contributed by atoms with van der Waals surface area (Å²) in [6.45, 7) is 2.66. The second kappa shape index (κ2) is 5.28. The van der Waals surface area contributed by atoms with Crippen molar-refractivity contribution in [3.8, 4) is 0 Å². The average Bonchev–Trinajstić information content (AvgIpc) is 2.96. The summed E-state index contributed by atoms with van der Waals surface area (Å²) in [5.41, 5.74) is 3.25. The lowest BCUT2D eigenvalue weighted by Gasteiger charge is -2.26. The molecule has 0 saturated carbocycles. The third-order valence-electron chi connectivity index (χ3n) is 3.91. The van der Waals surface area contributed by atoms with Crippen molar-refractivity contribution < 1.29 is 9.90 Å². The van der Waals surface area contributed by atoms with E-state index in [2.05, 4.69) is 0 Å². The van der Waals surface area contributed by atoms with Gasteiger partial charge in [-0.15, -0.1) is 0 Å². The van der Waals surface area contributed by atoms with Crippen LogP contribution >= 0.6 is 23.8 Å². The molecule has 108 valence electrons. The molecule has 2 aliphatic rings. The highest BCUT2D eigenvalue weighted by atomic mass is 35.5. The number of carboxylic acids is 1. The van der Waals surface area contributed by atoms with E-state index in [1.807, 2.05) is 36.1 Å². The molecule has 0 amide bonds. The number of halogens is 1. The molecule has 0 saturated heterocycles. The third kappa shape index (κ3) is 2.39. The van der Waals surface area contributed by atoms with E-state index in [0.29, 0.717) is 29.3 Å². The molecule has 1 N–H and O–H groups in total. The number of aryl methyl sites for hydroxylation is 1. The van der Waals surface area contributed by atoms with Gasteiger partial charge in [-0.3, -0.25) is 0 Å². The zero-order valence-electron chi connectivity index (χ0n) is 11.5. The smallest absolute Gasteiger partial charge is 0.333 e. The molecule has 1 aromatic rings. The number of allylic oxidation sites excluding steroid dienone is 1. The van der Waals surface area contributed by atoms with Crippen molar-refractivity contribution in [1.29, 1.82) is 0 Å². The molecule has 1 aromatic carbocycles. The van der Waals surface area contributed by atoms with E-state index in [1.165, 1.54) is 5.56 Å². The van der Waals surface area contributed by atoms with Gasteiger partial charge in [0.15, 0.2) is 0 Å². The molecule has 0 spiro atoms. The Morgan fingerprint density at radius 3 is 2.67 bits per heavy atom. The van der Waals surface area contributed by atoms with Crippen LogP contribution in [0.2, 0.25) is 0 Å². The van der Waals surface area contributed by atoms with E-state index in [-0.39, 0.29) is 6.04 Å². The molecule has 0 aliphatic carbocycles. The Kier molecular flexibility index (Phi) is 3.59. The van der Waals surface area contributed by atoms with Crippen LogP contribution in [-0.2, 0) is 4.79 Å². The number of thiocarbonyl (C=S) groups is 1. The van der Waals surface area contributed by atoms with E-state index in [4.69, 9.17) is 23.8 Å². The molecule has 3 nitrogen and oxygen atoms in total. The van der Waals surface area contributed by atoms with Gasteiger partial charge in [-0.1, -0.05) is 53.6 Å². The summed E-state index contributed by atoms with van der Waals surface area (Å²) in [5.74, 6) is -0.880. The summed E-state index contributed by atoms with van der Waals surface area (Å²) in [4.78, 5) is 14.0. The summed E-state index contributed by atoms with van der Waals surface area (Å²) in [6.07, 6.45) is 2.27. The number of fused-ring (bicyclic) bond motifs is 1. The maximum Gasteiger partial charge on any atom is 0.333 e. The quantitative estimate of drug-likeness (QED) is 0.686. The molecular weight excluding hydrogens is 306 g/mol. The zero-order valence-corrected chi connectivity index (χ0v) is 13.0. The Bertz CT molecular complexity index is 691. The maximum atomic E-state index is 11.2. The van der Waals surface area contributed by atoms with Gasteiger partial charge in [0.2, 0.25) is 0 Å². The van der Waals surface area contributed by atoms with E-state index >= 15 is 0 Å². The minimum atomic E-state index is -0.880. The normalized spacial score (nSPS) is 20.6. The number of hydrogen-bond acceptors (Lipinski definition) is 3. The van der Waals surface area contributed by atoms with E-state index < -0.39 is 5.97 Å². The Morgan fingerprint density at radius 2 is 2.05 bits per heavy atom. The largest absolute Gasteiger partial charge is 0.478 e. The van der Waals surface area contributed by atoms with Crippen LogP contribution < -0.4 is 0 Å². The van der Waals surface area contributed by atoms with Crippen LogP contribution in [0.5, 0.6) is 0 Å². The summed E-state index contributed by atoms with van der Waals surface area (Å²) in [7, 11) is 0. The van der Waals surface area contributed by atoms with Crippen LogP contribution in [0.4, 0.5) is 0 Å². The second-order valence-electron chi connectivity index (χ2n) is 5.27. The fourth-order valence-electron chi connectivity index (χ4n) is 2.81. The zero-order chi connectivity index (χ0) is 15.1. The van der Waals surface area contributed by atoms with Crippen LogP contribution in [0.3, 0.4) is 0 Å². The highest BCUT2D eigenvalue weighted by molar-refractivity contribution is 7.81. The average molecular weight is 320 g/mol. The molecule has 1 unspecified atom stereocenters. The Labute approximate surface area is 133 Å². The van der Waals surface area contributed by atoms with Crippen LogP contribution in [-0.4, -0.2) is 33.4 Å². The number of aliphatic carboxylic acids is 1. The molecular formula is C16H14ClNO2S. The molecule has 0 aromatic heterocycles. The first-order chi connectivity index (χ1) is 9.99. The van der Waals surface area contributed by atoms with Crippen molar-refractivity contribution in [3.05, 3.63) is 57.8 Å². The second-order valence-corrected chi connectivity index (χ2v) is 6.15. The molecule has 2 aliphatic heterocycles. The first-order valence-corrected chi connectivity index (χ1v) is 7.48. The molecule has 5 heteroatoms. The van der Waals surface area contributed by atoms with Crippen molar-refractivity contribution >= 4 is 34.7 Å². The van der Waals surface area contributed by atoms with Gasteiger partial charge >= 0.3 is 5.97 Å². The topological polar surface area (TPSA) is 40.5 Å². The summed E-state index contributed by atoms with van der Waals surface area (Å²) < 4.78 is 0. The van der Waals surface area contributed by atoms with Gasteiger partial charge in [-0.25, -0.2) is 4.79 Å². The predicted octanol–water partition coefficient (Wildman–Crippen LogP) is 3.26. The fourth-order valence-corrected chi connectivity index (χ4v) is 3.59. The lowest BCUT2D eigenvalue weighted by Crippen LogP contribution is -2.35. The number of nitrogens with zero attached hydrogens (tertiary/aromatic N) is 1. The van der Waals surface area contributed by atoms with Crippen molar-refractivity contribution in [2.45, 2.75) is 19.4 Å². The number of rotatable bonds is 3. The molecule has 0 bridgehead atoms. The fraction of sp³-hybridized carbons (Fsp3) is 0.250. The molecule has 0 fully saturated rings. The van der Waals surface area contributed by atoms with Gasteiger partial charge in [-0.2, -0.15) is 0 Å². The van der Waals surface area contributed by atoms with E-state index in [1.54, 1.807) is 6.08 Å². The highest BCUT2D eigenvalue weighted by Gasteiger charge is 2.39. The number of hydrogen-bond donors (Lipinski definition) is 1. The van der Waals surface area contributed by atoms with Crippen LogP contribution in [0.15, 0.2) is 46.6 Å². The maximum absolute atomic E-state index is 11.2. The van der Waals surface area contributed by atoms with Crippen LogP contribution in [0.25, 0.3) is 0 Å². The molecule has 3 rings (SSSR count). The Balaban J connectivity index is 1.94. The third-order valence-corrected chi connectivity index (χ3v) is 4.69. The number of carboxylic acid groups (broad SMARTS) is 1.